The third-order valence-corrected chi connectivity index (χ3v) is 4.15. The molecule has 0 radical (unpaired) electrons. The Bertz CT molecular complexity index is 564. The summed E-state index contributed by atoms with van der Waals surface area (Å²) in [4.78, 5) is 23.3. The van der Waals surface area contributed by atoms with Crippen LogP contribution < -0.4 is 5.32 Å². The predicted molar refractivity (Wildman–Crippen MR) is 95.9 cm³/mol. The quantitative estimate of drug-likeness (QED) is 0.882. The summed E-state index contributed by atoms with van der Waals surface area (Å²) in [6.45, 7) is 11.1. The standard InChI is InChI=1S/C18H27NO3S/c1-12-7-8-15(13(2)9-12)10-16(11-23-14(3)20)19-17(21)22-18(4,5)6/h7-9,16H,10-11H2,1-6H3,(H,19,21). The van der Waals surface area contributed by atoms with E-state index < -0.39 is 11.7 Å². The molecule has 0 fully saturated rings. The number of thioether (sulfide) groups is 1. The normalized spacial score (nSPS) is 12.6. The van der Waals surface area contributed by atoms with E-state index in [4.69, 9.17) is 4.74 Å². The summed E-state index contributed by atoms with van der Waals surface area (Å²) in [5.41, 5.74) is 3.03. The maximum absolute atomic E-state index is 12.0. The Morgan fingerprint density at radius 3 is 2.43 bits per heavy atom. The van der Waals surface area contributed by atoms with Gasteiger partial charge in [-0.15, -0.1) is 0 Å². The maximum atomic E-state index is 12.0. The molecule has 0 bridgehead atoms. The van der Waals surface area contributed by atoms with E-state index in [1.807, 2.05) is 20.8 Å². The monoisotopic (exact) mass is 337 g/mol. The Hall–Kier alpha value is -1.49. The fourth-order valence-corrected chi connectivity index (χ4v) is 2.82. The molecule has 0 spiro atoms. The van der Waals surface area contributed by atoms with E-state index in [0.717, 1.165) is 0 Å². The van der Waals surface area contributed by atoms with Crippen molar-refractivity contribution in [2.24, 2.45) is 0 Å². The van der Waals surface area contributed by atoms with Crippen LogP contribution in [0.3, 0.4) is 0 Å². The first kappa shape index (κ1) is 19.6. The summed E-state index contributed by atoms with van der Waals surface area (Å²) >= 11 is 1.22. The molecule has 1 atom stereocenters. The number of carbonyl (C=O) groups excluding carboxylic acids is 2. The molecule has 4 nitrogen and oxygen atoms in total. The molecule has 0 saturated heterocycles. The van der Waals surface area contributed by atoms with Gasteiger partial charge in [0.25, 0.3) is 0 Å². The van der Waals surface area contributed by atoms with Gasteiger partial charge in [0.1, 0.15) is 5.60 Å². The lowest BCUT2D eigenvalue weighted by molar-refractivity contribution is -0.109. The van der Waals surface area contributed by atoms with Gasteiger partial charge in [-0.1, -0.05) is 35.5 Å². The molecule has 1 unspecified atom stereocenters. The molecule has 0 aliphatic heterocycles. The number of ether oxygens (including phenoxy) is 1. The summed E-state index contributed by atoms with van der Waals surface area (Å²) < 4.78 is 5.32. The minimum absolute atomic E-state index is 0.0432. The molecule has 128 valence electrons. The van der Waals surface area contributed by atoms with E-state index in [1.165, 1.54) is 35.4 Å². The van der Waals surface area contributed by atoms with Gasteiger partial charge in [0.2, 0.25) is 0 Å². The van der Waals surface area contributed by atoms with Crippen molar-refractivity contribution in [1.29, 1.82) is 0 Å². The third-order valence-electron chi connectivity index (χ3n) is 3.17. The highest BCUT2D eigenvalue weighted by atomic mass is 32.2. The molecule has 5 heteroatoms. The molecular weight excluding hydrogens is 310 g/mol. The zero-order valence-electron chi connectivity index (χ0n) is 14.9. The molecule has 1 aromatic rings. The molecule has 1 N–H and O–H groups in total. The van der Waals surface area contributed by atoms with Crippen molar-refractivity contribution in [3.05, 3.63) is 34.9 Å². The third kappa shape index (κ3) is 8.07. The smallest absolute Gasteiger partial charge is 0.407 e. The lowest BCUT2D eigenvalue weighted by Gasteiger charge is -2.24. The van der Waals surface area contributed by atoms with E-state index in [2.05, 4.69) is 37.4 Å². The van der Waals surface area contributed by atoms with Crippen molar-refractivity contribution in [2.75, 3.05) is 5.75 Å². The van der Waals surface area contributed by atoms with Crippen LogP contribution in [0.15, 0.2) is 18.2 Å². The predicted octanol–water partition coefficient (Wildman–Crippen LogP) is 4.02. The molecular formula is C18H27NO3S. The molecule has 23 heavy (non-hydrogen) atoms. The first-order chi connectivity index (χ1) is 10.6. The molecule has 0 saturated carbocycles. The largest absolute Gasteiger partial charge is 0.444 e. The fraction of sp³-hybridized carbons (Fsp3) is 0.556. The van der Waals surface area contributed by atoms with Crippen LogP contribution in [0.4, 0.5) is 4.79 Å². The van der Waals surface area contributed by atoms with Gasteiger partial charge >= 0.3 is 6.09 Å². The Balaban J connectivity index is 2.79. The number of nitrogens with one attached hydrogen (secondary N) is 1. The van der Waals surface area contributed by atoms with Crippen molar-refractivity contribution in [2.45, 2.75) is 59.6 Å². The number of rotatable bonds is 5. The van der Waals surface area contributed by atoms with Gasteiger partial charge in [0, 0.05) is 18.7 Å². The van der Waals surface area contributed by atoms with Gasteiger partial charge in [0.05, 0.1) is 0 Å². The fourth-order valence-electron chi connectivity index (χ4n) is 2.18. The van der Waals surface area contributed by atoms with Gasteiger partial charge < -0.3 is 10.1 Å². The SMILES string of the molecule is CC(=O)SCC(Cc1ccc(C)cc1C)NC(=O)OC(C)(C)C. The summed E-state index contributed by atoms with van der Waals surface area (Å²) in [6, 6.07) is 6.11. The van der Waals surface area contributed by atoms with Crippen LogP contribution in [0.2, 0.25) is 0 Å². The zero-order chi connectivity index (χ0) is 17.6. The number of amides is 1. The molecule has 0 aromatic heterocycles. The van der Waals surface area contributed by atoms with Crippen LogP contribution in [0.25, 0.3) is 0 Å². The lowest BCUT2D eigenvalue weighted by Crippen LogP contribution is -2.41. The van der Waals surface area contributed by atoms with Crippen molar-refractivity contribution in [1.82, 2.24) is 5.32 Å². The van der Waals surface area contributed by atoms with Crippen LogP contribution in [0, 0.1) is 13.8 Å². The topological polar surface area (TPSA) is 55.4 Å². The van der Waals surface area contributed by atoms with E-state index in [0.29, 0.717) is 12.2 Å². The highest BCUT2D eigenvalue weighted by molar-refractivity contribution is 8.13. The van der Waals surface area contributed by atoms with Crippen LogP contribution in [-0.2, 0) is 16.0 Å². The Morgan fingerprint density at radius 1 is 1.26 bits per heavy atom. The van der Waals surface area contributed by atoms with E-state index in [1.54, 1.807) is 0 Å². The van der Waals surface area contributed by atoms with Crippen LogP contribution in [-0.4, -0.2) is 28.6 Å². The van der Waals surface area contributed by atoms with Crippen molar-refractivity contribution >= 4 is 23.0 Å². The number of carbonyl (C=O) groups is 2. The average molecular weight is 337 g/mol. The number of aryl methyl sites for hydroxylation is 2. The van der Waals surface area contributed by atoms with Crippen molar-refractivity contribution < 1.29 is 14.3 Å². The Kier molecular flexibility index (Phi) is 7.13. The second-order valence-electron chi connectivity index (χ2n) is 6.78. The number of hydrogen-bond donors (Lipinski definition) is 1. The number of benzene rings is 1. The molecule has 0 aliphatic rings. The second-order valence-corrected chi connectivity index (χ2v) is 7.98. The van der Waals surface area contributed by atoms with Gasteiger partial charge in [-0.2, -0.15) is 0 Å². The molecule has 0 heterocycles. The van der Waals surface area contributed by atoms with Crippen LogP contribution in [0.1, 0.15) is 44.4 Å². The highest BCUT2D eigenvalue weighted by Gasteiger charge is 2.20. The van der Waals surface area contributed by atoms with Gasteiger partial charge in [-0.3, -0.25) is 4.79 Å². The van der Waals surface area contributed by atoms with Gasteiger partial charge in [-0.05, 0) is 52.2 Å². The second kappa shape index (κ2) is 8.39. The first-order valence-electron chi connectivity index (χ1n) is 7.76. The lowest BCUT2D eigenvalue weighted by atomic mass is 10.00. The van der Waals surface area contributed by atoms with Crippen molar-refractivity contribution in [3.8, 4) is 0 Å². The van der Waals surface area contributed by atoms with E-state index >= 15 is 0 Å². The minimum atomic E-state index is -0.540. The zero-order valence-corrected chi connectivity index (χ0v) is 15.7. The summed E-state index contributed by atoms with van der Waals surface area (Å²) in [7, 11) is 0. The Labute approximate surface area is 143 Å². The Morgan fingerprint density at radius 2 is 1.91 bits per heavy atom. The molecule has 0 aliphatic carbocycles. The summed E-state index contributed by atoms with van der Waals surface area (Å²) in [5.74, 6) is 0.530. The van der Waals surface area contributed by atoms with E-state index in [-0.39, 0.29) is 11.2 Å². The highest BCUT2D eigenvalue weighted by Crippen LogP contribution is 2.16. The molecule has 1 rings (SSSR count). The van der Waals surface area contributed by atoms with Gasteiger partial charge in [-0.25, -0.2) is 4.79 Å². The van der Waals surface area contributed by atoms with Gasteiger partial charge in [0.15, 0.2) is 5.12 Å². The maximum Gasteiger partial charge on any atom is 0.407 e. The number of alkyl carbamates (subject to hydrolysis) is 1. The summed E-state index contributed by atoms with van der Waals surface area (Å²) in [6.07, 6.45) is 0.224. The molecule has 1 amide bonds. The van der Waals surface area contributed by atoms with Crippen molar-refractivity contribution in [3.63, 3.8) is 0 Å². The molecule has 1 aromatic carbocycles. The minimum Gasteiger partial charge on any atom is -0.444 e. The van der Waals surface area contributed by atoms with Crippen LogP contribution in [0.5, 0.6) is 0 Å². The van der Waals surface area contributed by atoms with E-state index in [9.17, 15) is 9.59 Å². The average Bonchev–Trinajstić information content (AvgIpc) is 2.36. The number of hydrogen-bond acceptors (Lipinski definition) is 4. The van der Waals surface area contributed by atoms with Crippen LogP contribution >= 0.6 is 11.8 Å². The summed E-state index contributed by atoms with van der Waals surface area (Å²) in [5, 5.41) is 2.93. The first-order valence-corrected chi connectivity index (χ1v) is 8.74.